The first kappa shape index (κ1) is 12.8. The van der Waals surface area contributed by atoms with Crippen LogP contribution in [-0.2, 0) is 10.2 Å². The number of nitrogens with two attached hydrogens (primary N) is 1. The standard InChI is InChI=1S/C9H16N4O2S/c1-4-9(2,3)7-11-12-8(13(7)10)16-5-6(14)15/h4-5,10H2,1-3H3,(H,14,15). The third kappa shape index (κ3) is 2.66. The zero-order chi connectivity index (χ0) is 12.3. The number of nitrogens with zero attached hydrogens (tertiary/aromatic N) is 3. The Balaban J connectivity index is 2.88. The van der Waals surface area contributed by atoms with Crippen LogP contribution in [0.5, 0.6) is 0 Å². The number of thioether (sulfide) groups is 1. The maximum Gasteiger partial charge on any atom is 0.313 e. The van der Waals surface area contributed by atoms with Crippen molar-refractivity contribution in [1.29, 1.82) is 0 Å². The number of carboxylic acids is 1. The van der Waals surface area contributed by atoms with Gasteiger partial charge in [0.25, 0.3) is 0 Å². The molecule has 0 spiro atoms. The molecule has 0 atom stereocenters. The zero-order valence-electron chi connectivity index (χ0n) is 9.60. The highest BCUT2D eigenvalue weighted by molar-refractivity contribution is 7.99. The van der Waals surface area contributed by atoms with Crippen LogP contribution in [0, 0.1) is 0 Å². The Bertz CT molecular complexity index is 389. The monoisotopic (exact) mass is 244 g/mol. The summed E-state index contributed by atoms with van der Waals surface area (Å²) in [5, 5.41) is 16.9. The van der Waals surface area contributed by atoms with E-state index in [0.717, 1.165) is 18.2 Å². The molecular formula is C9H16N4O2S. The molecule has 0 unspecified atom stereocenters. The molecule has 0 amide bonds. The molecule has 0 aliphatic carbocycles. The van der Waals surface area contributed by atoms with E-state index < -0.39 is 5.97 Å². The minimum Gasteiger partial charge on any atom is -0.481 e. The van der Waals surface area contributed by atoms with Gasteiger partial charge in [0.15, 0.2) is 5.82 Å². The average Bonchev–Trinajstić information content (AvgIpc) is 2.57. The van der Waals surface area contributed by atoms with Crippen LogP contribution in [-0.4, -0.2) is 31.7 Å². The molecule has 0 aliphatic heterocycles. The molecule has 0 bridgehead atoms. The van der Waals surface area contributed by atoms with Crippen molar-refractivity contribution in [3.63, 3.8) is 0 Å². The van der Waals surface area contributed by atoms with Crippen molar-refractivity contribution >= 4 is 17.7 Å². The van der Waals surface area contributed by atoms with Crippen LogP contribution < -0.4 is 5.84 Å². The van der Waals surface area contributed by atoms with Gasteiger partial charge in [0.1, 0.15) is 0 Å². The molecular weight excluding hydrogens is 228 g/mol. The van der Waals surface area contributed by atoms with Crippen molar-refractivity contribution in [1.82, 2.24) is 14.9 Å². The summed E-state index contributed by atoms with van der Waals surface area (Å²) in [6.45, 7) is 6.08. The number of hydrogen-bond donors (Lipinski definition) is 2. The second-order valence-corrected chi connectivity index (χ2v) is 5.04. The smallest absolute Gasteiger partial charge is 0.313 e. The first-order valence-corrected chi connectivity index (χ1v) is 5.92. The van der Waals surface area contributed by atoms with E-state index in [4.69, 9.17) is 10.9 Å². The topological polar surface area (TPSA) is 94.0 Å². The first-order chi connectivity index (χ1) is 7.38. The number of nitrogen functional groups attached to an aromatic ring is 1. The van der Waals surface area contributed by atoms with Crippen LogP contribution >= 0.6 is 11.8 Å². The normalized spacial score (nSPS) is 11.7. The van der Waals surface area contributed by atoms with Crippen molar-refractivity contribution in [3.05, 3.63) is 5.82 Å². The molecule has 0 saturated carbocycles. The number of hydrogen-bond acceptors (Lipinski definition) is 5. The Hall–Kier alpha value is -1.24. The highest BCUT2D eigenvalue weighted by Gasteiger charge is 2.26. The van der Waals surface area contributed by atoms with Gasteiger partial charge in [0.05, 0.1) is 5.75 Å². The second-order valence-electron chi connectivity index (χ2n) is 4.10. The largest absolute Gasteiger partial charge is 0.481 e. The Morgan fingerprint density at radius 3 is 2.69 bits per heavy atom. The Kier molecular flexibility index (Phi) is 3.79. The minimum absolute atomic E-state index is 0.0676. The van der Waals surface area contributed by atoms with E-state index in [1.165, 1.54) is 4.68 Å². The fraction of sp³-hybridized carbons (Fsp3) is 0.667. The lowest BCUT2D eigenvalue weighted by Gasteiger charge is -2.20. The number of aromatic nitrogens is 3. The molecule has 1 rings (SSSR count). The number of aliphatic carboxylic acids is 1. The number of carboxylic acid groups (broad SMARTS) is 1. The van der Waals surface area contributed by atoms with Gasteiger partial charge < -0.3 is 10.9 Å². The molecule has 6 nitrogen and oxygen atoms in total. The van der Waals surface area contributed by atoms with E-state index in [-0.39, 0.29) is 11.2 Å². The van der Waals surface area contributed by atoms with Gasteiger partial charge in [0.2, 0.25) is 5.16 Å². The van der Waals surface area contributed by atoms with Gasteiger partial charge in [-0.05, 0) is 6.42 Å². The van der Waals surface area contributed by atoms with E-state index in [1.54, 1.807) is 0 Å². The van der Waals surface area contributed by atoms with Crippen molar-refractivity contribution in [3.8, 4) is 0 Å². The van der Waals surface area contributed by atoms with Crippen LogP contribution in [0.1, 0.15) is 33.0 Å². The molecule has 0 saturated heterocycles. The van der Waals surface area contributed by atoms with Crippen molar-refractivity contribution in [2.75, 3.05) is 11.6 Å². The summed E-state index contributed by atoms with van der Waals surface area (Å²) >= 11 is 1.07. The summed E-state index contributed by atoms with van der Waals surface area (Å²) in [6, 6.07) is 0. The Labute approximate surface area is 98.2 Å². The van der Waals surface area contributed by atoms with Gasteiger partial charge in [-0.15, -0.1) is 10.2 Å². The van der Waals surface area contributed by atoms with Gasteiger partial charge >= 0.3 is 5.97 Å². The van der Waals surface area contributed by atoms with E-state index in [9.17, 15) is 4.79 Å². The van der Waals surface area contributed by atoms with Crippen molar-refractivity contribution < 1.29 is 9.90 Å². The molecule has 3 N–H and O–H groups in total. The number of carbonyl (C=O) groups is 1. The maximum atomic E-state index is 10.4. The van der Waals surface area contributed by atoms with Crippen LogP contribution in [0.4, 0.5) is 0 Å². The van der Waals surface area contributed by atoms with Gasteiger partial charge in [0, 0.05) is 5.41 Å². The van der Waals surface area contributed by atoms with E-state index >= 15 is 0 Å². The average molecular weight is 244 g/mol. The van der Waals surface area contributed by atoms with Gasteiger partial charge in [-0.25, -0.2) is 4.68 Å². The molecule has 1 aromatic heterocycles. The molecule has 0 aromatic carbocycles. The lowest BCUT2D eigenvalue weighted by Crippen LogP contribution is -2.26. The van der Waals surface area contributed by atoms with Gasteiger partial charge in [-0.2, -0.15) is 0 Å². The third-order valence-corrected chi connectivity index (χ3v) is 3.41. The molecule has 7 heteroatoms. The second kappa shape index (κ2) is 4.73. The van der Waals surface area contributed by atoms with Crippen LogP contribution in [0.2, 0.25) is 0 Å². The Morgan fingerprint density at radius 1 is 1.56 bits per heavy atom. The third-order valence-electron chi connectivity index (χ3n) is 2.48. The first-order valence-electron chi connectivity index (χ1n) is 4.94. The highest BCUT2D eigenvalue weighted by atomic mass is 32.2. The SMILES string of the molecule is CCC(C)(C)c1nnc(SCC(=O)O)n1N. The van der Waals surface area contributed by atoms with Crippen molar-refractivity contribution in [2.24, 2.45) is 0 Å². The maximum absolute atomic E-state index is 10.4. The fourth-order valence-corrected chi connectivity index (χ4v) is 1.70. The number of rotatable bonds is 5. The van der Waals surface area contributed by atoms with E-state index in [1.807, 2.05) is 20.8 Å². The summed E-state index contributed by atoms with van der Waals surface area (Å²) in [5.41, 5.74) is -0.163. The molecule has 0 aliphatic rings. The van der Waals surface area contributed by atoms with E-state index in [0.29, 0.717) is 11.0 Å². The minimum atomic E-state index is -0.899. The zero-order valence-corrected chi connectivity index (χ0v) is 10.4. The van der Waals surface area contributed by atoms with E-state index in [2.05, 4.69) is 10.2 Å². The molecule has 16 heavy (non-hydrogen) atoms. The lowest BCUT2D eigenvalue weighted by atomic mass is 9.89. The van der Waals surface area contributed by atoms with Gasteiger partial charge in [-0.1, -0.05) is 32.5 Å². The van der Waals surface area contributed by atoms with Crippen LogP contribution in [0.25, 0.3) is 0 Å². The molecule has 1 heterocycles. The molecule has 90 valence electrons. The van der Waals surface area contributed by atoms with Crippen LogP contribution in [0.15, 0.2) is 5.16 Å². The highest BCUT2D eigenvalue weighted by Crippen LogP contribution is 2.26. The lowest BCUT2D eigenvalue weighted by molar-refractivity contribution is -0.133. The summed E-state index contributed by atoms with van der Waals surface area (Å²) < 4.78 is 1.37. The summed E-state index contributed by atoms with van der Waals surface area (Å²) in [7, 11) is 0. The Morgan fingerprint density at radius 2 is 2.19 bits per heavy atom. The quantitative estimate of drug-likeness (QED) is 0.589. The predicted octanol–water partition coefficient (Wildman–Crippen LogP) is 0.856. The summed E-state index contributed by atoms with van der Waals surface area (Å²) in [4.78, 5) is 10.4. The molecule has 0 fully saturated rings. The van der Waals surface area contributed by atoms with Crippen molar-refractivity contribution in [2.45, 2.75) is 37.8 Å². The van der Waals surface area contributed by atoms with Gasteiger partial charge in [-0.3, -0.25) is 4.79 Å². The summed E-state index contributed by atoms with van der Waals surface area (Å²) in [5.74, 6) is 5.53. The predicted molar refractivity (Wildman–Crippen MR) is 61.8 cm³/mol. The fourth-order valence-electron chi connectivity index (χ4n) is 1.12. The van der Waals surface area contributed by atoms with Crippen LogP contribution in [0.3, 0.4) is 0 Å². The summed E-state index contributed by atoms with van der Waals surface area (Å²) in [6.07, 6.45) is 0.881. The molecule has 1 aromatic rings. The molecule has 0 radical (unpaired) electrons.